The van der Waals surface area contributed by atoms with Crippen LogP contribution in [0.2, 0.25) is 0 Å². The molecule has 0 aliphatic heterocycles. The van der Waals surface area contributed by atoms with E-state index < -0.39 is 0 Å². The Hall–Kier alpha value is -0.890. The Morgan fingerprint density at radius 3 is 2.38 bits per heavy atom. The second kappa shape index (κ2) is 10.8. The fraction of sp³-hybridized carbons (Fsp3) is 0.684. The van der Waals surface area contributed by atoms with Gasteiger partial charge in [-0.3, -0.25) is 0 Å². The molecule has 0 heterocycles. The number of benzene rings is 1. The molecule has 0 spiro atoms. The van der Waals surface area contributed by atoms with E-state index in [1.165, 1.54) is 56.9 Å². The molecule has 0 aliphatic rings. The first-order valence-corrected chi connectivity index (χ1v) is 8.59. The van der Waals surface area contributed by atoms with Crippen molar-refractivity contribution in [2.75, 3.05) is 7.05 Å². The molecule has 120 valence electrons. The van der Waals surface area contributed by atoms with Gasteiger partial charge in [-0.15, -0.1) is 0 Å². The molecule has 1 rings (SSSR count). The van der Waals surface area contributed by atoms with Crippen LogP contribution in [0, 0.1) is 12.7 Å². The van der Waals surface area contributed by atoms with Crippen molar-refractivity contribution in [3.63, 3.8) is 0 Å². The second-order valence-corrected chi connectivity index (χ2v) is 6.17. The molecule has 1 aromatic rings. The average molecular weight is 293 g/mol. The maximum absolute atomic E-state index is 13.3. The number of hydrogen-bond donors (Lipinski definition) is 1. The quantitative estimate of drug-likeness (QED) is 0.538. The lowest BCUT2D eigenvalue weighted by Crippen LogP contribution is -2.27. The third kappa shape index (κ3) is 7.61. The van der Waals surface area contributed by atoms with E-state index in [1.54, 1.807) is 12.1 Å². The molecule has 1 atom stereocenters. The van der Waals surface area contributed by atoms with Crippen molar-refractivity contribution in [3.05, 3.63) is 35.1 Å². The molecule has 1 unspecified atom stereocenters. The van der Waals surface area contributed by atoms with Crippen LogP contribution in [0.15, 0.2) is 18.2 Å². The predicted molar refractivity (Wildman–Crippen MR) is 90.3 cm³/mol. The van der Waals surface area contributed by atoms with Gasteiger partial charge >= 0.3 is 0 Å². The lowest BCUT2D eigenvalue weighted by Gasteiger charge is -2.17. The first-order chi connectivity index (χ1) is 10.2. The summed E-state index contributed by atoms with van der Waals surface area (Å²) in [6.45, 7) is 4.32. The van der Waals surface area contributed by atoms with Crippen LogP contribution >= 0.6 is 0 Å². The van der Waals surface area contributed by atoms with Crippen molar-refractivity contribution < 1.29 is 4.39 Å². The summed E-state index contributed by atoms with van der Waals surface area (Å²) in [6, 6.07) is 5.57. The van der Waals surface area contributed by atoms with Crippen molar-refractivity contribution in [1.29, 1.82) is 0 Å². The molecule has 0 aromatic heterocycles. The summed E-state index contributed by atoms with van der Waals surface area (Å²) in [5.41, 5.74) is 2.33. The molecular weight excluding hydrogens is 261 g/mol. The van der Waals surface area contributed by atoms with Crippen molar-refractivity contribution >= 4 is 0 Å². The standard InChI is InChI=1S/C19H32FN/c1-4-5-6-7-8-9-10-11-19(21-3)15-17-14-18(20)13-12-16(17)2/h12-14,19,21H,4-11,15H2,1-3H3. The molecular formula is C19H32FN. The highest BCUT2D eigenvalue weighted by molar-refractivity contribution is 5.27. The van der Waals surface area contributed by atoms with Crippen LogP contribution in [-0.4, -0.2) is 13.1 Å². The first kappa shape index (κ1) is 18.2. The molecule has 0 aliphatic carbocycles. The van der Waals surface area contributed by atoms with Crippen LogP contribution in [0.3, 0.4) is 0 Å². The molecule has 0 saturated carbocycles. The highest BCUT2D eigenvalue weighted by Gasteiger charge is 2.09. The lowest BCUT2D eigenvalue weighted by atomic mass is 9.97. The third-order valence-electron chi connectivity index (χ3n) is 4.34. The Bertz CT molecular complexity index is 389. The van der Waals surface area contributed by atoms with Gasteiger partial charge in [0.15, 0.2) is 0 Å². The van der Waals surface area contributed by atoms with Gasteiger partial charge in [0.1, 0.15) is 5.82 Å². The van der Waals surface area contributed by atoms with Gasteiger partial charge in [-0.25, -0.2) is 4.39 Å². The number of unbranched alkanes of at least 4 members (excludes halogenated alkanes) is 6. The Morgan fingerprint density at radius 2 is 1.71 bits per heavy atom. The van der Waals surface area contributed by atoms with Crippen LogP contribution in [0.4, 0.5) is 4.39 Å². The van der Waals surface area contributed by atoms with Gasteiger partial charge in [-0.1, -0.05) is 57.9 Å². The zero-order valence-corrected chi connectivity index (χ0v) is 14.1. The maximum Gasteiger partial charge on any atom is 0.123 e. The number of nitrogens with one attached hydrogen (secondary N) is 1. The summed E-state index contributed by atoms with van der Waals surface area (Å²) in [4.78, 5) is 0. The predicted octanol–water partition coefficient (Wildman–Crippen LogP) is 5.41. The normalized spacial score (nSPS) is 12.6. The van der Waals surface area contributed by atoms with Gasteiger partial charge in [0.2, 0.25) is 0 Å². The molecule has 1 nitrogen and oxygen atoms in total. The SMILES string of the molecule is CCCCCCCCCC(Cc1cc(F)ccc1C)NC. The largest absolute Gasteiger partial charge is 0.317 e. The van der Waals surface area contributed by atoms with E-state index in [0.29, 0.717) is 6.04 Å². The minimum atomic E-state index is -0.124. The monoisotopic (exact) mass is 293 g/mol. The number of rotatable bonds is 11. The Kier molecular flexibility index (Phi) is 9.32. The third-order valence-corrected chi connectivity index (χ3v) is 4.34. The van der Waals surface area contributed by atoms with Gasteiger partial charge < -0.3 is 5.32 Å². The van der Waals surface area contributed by atoms with Gasteiger partial charge in [0.05, 0.1) is 0 Å². The maximum atomic E-state index is 13.3. The smallest absolute Gasteiger partial charge is 0.123 e. The lowest BCUT2D eigenvalue weighted by molar-refractivity contribution is 0.477. The zero-order valence-electron chi connectivity index (χ0n) is 14.1. The van der Waals surface area contributed by atoms with E-state index in [9.17, 15) is 4.39 Å². The Labute approximate surface area is 130 Å². The second-order valence-electron chi connectivity index (χ2n) is 6.17. The summed E-state index contributed by atoms with van der Waals surface area (Å²) in [6.07, 6.45) is 11.5. The van der Waals surface area contributed by atoms with Gasteiger partial charge in [-0.2, -0.15) is 0 Å². The Balaban J connectivity index is 2.27. The molecule has 1 N–H and O–H groups in total. The fourth-order valence-electron chi connectivity index (χ4n) is 2.82. The highest BCUT2D eigenvalue weighted by Crippen LogP contribution is 2.16. The molecule has 0 radical (unpaired) electrons. The summed E-state index contributed by atoms with van der Waals surface area (Å²) in [7, 11) is 2.01. The van der Waals surface area contributed by atoms with E-state index in [-0.39, 0.29) is 5.82 Å². The molecule has 2 heteroatoms. The fourth-order valence-corrected chi connectivity index (χ4v) is 2.82. The topological polar surface area (TPSA) is 12.0 Å². The van der Waals surface area contributed by atoms with E-state index in [1.807, 2.05) is 13.1 Å². The summed E-state index contributed by atoms with van der Waals surface area (Å²) < 4.78 is 13.3. The van der Waals surface area contributed by atoms with Gasteiger partial charge in [-0.05, 0) is 50.1 Å². The van der Waals surface area contributed by atoms with E-state index >= 15 is 0 Å². The molecule has 1 aromatic carbocycles. The van der Waals surface area contributed by atoms with E-state index in [0.717, 1.165) is 12.0 Å². The van der Waals surface area contributed by atoms with Crippen LogP contribution in [0.1, 0.15) is 69.4 Å². The van der Waals surface area contributed by atoms with Crippen molar-refractivity contribution in [3.8, 4) is 0 Å². The molecule has 0 fully saturated rings. The van der Waals surface area contributed by atoms with E-state index in [2.05, 4.69) is 19.2 Å². The molecule has 0 bridgehead atoms. The van der Waals surface area contributed by atoms with E-state index in [4.69, 9.17) is 0 Å². The number of aryl methyl sites for hydroxylation is 1. The van der Waals surface area contributed by atoms with Crippen LogP contribution in [-0.2, 0) is 6.42 Å². The summed E-state index contributed by atoms with van der Waals surface area (Å²) >= 11 is 0. The van der Waals surface area contributed by atoms with Crippen LogP contribution in [0.25, 0.3) is 0 Å². The number of likely N-dealkylation sites (N-methyl/N-ethyl adjacent to an activating group) is 1. The number of halogens is 1. The molecule has 0 saturated heterocycles. The number of hydrogen-bond acceptors (Lipinski definition) is 1. The van der Waals surface area contributed by atoms with Gasteiger partial charge in [0.25, 0.3) is 0 Å². The average Bonchev–Trinajstić information content (AvgIpc) is 2.48. The minimum absolute atomic E-state index is 0.124. The molecule has 0 amide bonds. The van der Waals surface area contributed by atoms with Crippen molar-refractivity contribution in [2.24, 2.45) is 0 Å². The minimum Gasteiger partial charge on any atom is -0.317 e. The van der Waals surface area contributed by atoms with Crippen molar-refractivity contribution in [1.82, 2.24) is 5.32 Å². The van der Waals surface area contributed by atoms with Gasteiger partial charge in [0, 0.05) is 6.04 Å². The van der Waals surface area contributed by atoms with Crippen LogP contribution < -0.4 is 5.32 Å². The van der Waals surface area contributed by atoms with Crippen LogP contribution in [0.5, 0.6) is 0 Å². The Morgan fingerprint density at radius 1 is 1.05 bits per heavy atom. The summed E-state index contributed by atoms with van der Waals surface area (Å²) in [5.74, 6) is -0.124. The summed E-state index contributed by atoms with van der Waals surface area (Å²) in [5, 5.41) is 3.39. The first-order valence-electron chi connectivity index (χ1n) is 8.59. The van der Waals surface area contributed by atoms with Crippen molar-refractivity contribution in [2.45, 2.75) is 77.7 Å². The molecule has 21 heavy (non-hydrogen) atoms. The highest BCUT2D eigenvalue weighted by atomic mass is 19.1. The zero-order chi connectivity index (χ0) is 15.5.